The molecular weight excluding hydrogens is 226 g/mol. The van der Waals surface area contributed by atoms with Crippen LogP contribution in [0.2, 0.25) is 0 Å². The van der Waals surface area contributed by atoms with Gasteiger partial charge in [0.05, 0.1) is 0 Å². The van der Waals surface area contributed by atoms with E-state index in [4.69, 9.17) is 0 Å². The zero-order valence-electron chi connectivity index (χ0n) is 12.4. The Kier molecular flexibility index (Phi) is 5.85. The van der Waals surface area contributed by atoms with E-state index in [1.165, 1.54) is 32.4 Å². The lowest BCUT2D eigenvalue weighted by Crippen LogP contribution is -2.38. The van der Waals surface area contributed by atoms with E-state index in [0.717, 1.165) is 17.7 Å². The molecule has 1 saturated carbocycles. The molecule has 0 aromatic rings. The second-order valence-corrected chi connectivity index (χ2v) is 7.52. The predicted molar refractivity (Wildman–Crippen MR) is 80.8 cm³/mol. The Morgan fingerprint density at radius 1 is 1.24 bits per heavy atom. The first-order chi connectivity index (χ1) is 7.84. The van der Waals surface area contributed by atoms with Gasteiger partial charge in [-0.25, -0.2) is 0 Å². The van der Waals surface area contributed by atoms with Crippen LogP contribution in [-0.2, 0) is 0 Å². The van der Waals surface area contributed by atoms with Gasteiger partial charge in [0.25, 0.3) is 0 Å². The fraction of sp³-hybridized carbons (Fsp3) is 1.00. The van der Waals surface area contributed by atoms with Gasteiger partial charge in [0.1, 0.15) is 0 Å². The van der Waals surface area contributed by atoms with Gasteiger partial charge < -0.3 is 4.90 Å². The molecule has 2 heteroatoms. The van der Waals surface area contributed by atoms with Crippen LogP contribution in [0.1, 0.15) is 53.9 Å². The molecule has 1 nitrogen and oxygen atoms in total. The molecule has 0 saturated heterocycles. The third kappa shape index (κ3) is 5.65. The summed E-state index contributed by atoms with van der Waals surface area (Å²) in [6, 6.07) is 0.887. The quantitative estimate of drug-likeness (QED) is 0.672. The van der Waals surface area contributed by atoms with Crippen molar-refractivity contribution in [3.63, 3.8) is 0 Å². The Morgan fingerprint density at radius 3 is 2.18 bits per heavy atom. The summed E-state index contributed by atoms with van der Waals surface area (Å²) in [5.74, 6) is 2.54. The fourth-order valence-electron chi connectivity index (χ4n) is 2.18. The second kappa shape index (κ2) is 6.47. The third-order valence-electron chi connectivity index (χ3n) is 3.96. The number of nitrogens with zero attached hydrogens (tertiary/aromatic N) is 1. The Hall–Kier alpha value is 0.310. The third-order valence-corrected chi connectivity index (χ3v) is 4.40. The van der Waals surface area contributed by atoms with Crippen molar-refractivity contribution < 1.29 is 0 Å². The van der Waals surface area contributed by atoms with Gasteiger partial charge in [0, 0.05) is 12.6 Å². The average Bonchev–Trinajstić information content (AvgIpc) is 2.99. The summed E-state index contributed by atoms with van der Waals surface area (Å²) in [7, 11) is 0. The van der Waals surface area contributed by atoms with Crippen LogP contribution < -0.4 is 0 Å². The minimum Gasteiger partial charge on any atom is -0.300 e. The molecule has 0 radical (unpaired) electrons. The molecule has 0 aliphatic heterocycles. The van der Waals surface area contributed by atoms with E-state index in [1.807, 2.05) is 0 Å². The first kappa shape index (κ1) is 15.4. The highest BCUT2D eigenvalue weighted by Crippen LogP contribution is 2.33. The Morgan fingerprint density at radius 2 is 1.82 bits per heavy atom. The van der Waals surface area contributed by atoms with Crippen LogP contribution in [0.4, 0.5) is 0 Å². The van der Waals surface area contributed by atoms with Crippen LogP contribution in [-0.4, -0.2) is 29.8 Å². The predicted octanol–water partition coefficient (Wildman–Crippen LogP) is 4.09. The van der Waals surface area contributed by atoms with Gasteiger partial charge in [-0.3, -0.25) is 0 Å². The molecule has 0 aromatic carbocycles. The zero-order chi connectivity index (χ0) is 13.1. The van der Waals surface area contributed by atoms with Crippen molar-refractivity contribution in [1.82, 2.24) is 4.90 Å². The molecule has 0 spiro atoms. The van der Waals surface area contributed by atoms with Gasteiger partial charge >= 0.3 is 0 Å². The van der Waals surface area contributed by atoms with Crippen molar-refractivity contribution in [2.24, 2.45) is 17.3 Å². The lowest BCUT2D eigenvalue weighted by atomic mass is 9.81. The second-order valence-electron chi connectivity index (χ2n) is 7.15. The highest BCUT2D eigenvalue weighted by Gasteiger charge is 2.33. The number of rotatable bonds is 7. The van der Waals surface area contributed by atoms with Crippen LogP contribution in [0.15, 0.2) is 0 Å². The molecule has 102 valence electrons. The number of hydrogen-bond acceptors (Lipinski definition) is 2. The Labute approximate surface area is 114 Å². The zero-order valence-corrected chi connectivity index (χ0v) is 13.3. The van der Waals surface area contributed by atoms with E-state index in [2.05, 4.69) is 52.1 Å². The molecule has 1 aliphatic carbocycles. The average molecular weight is 257 g/mol. The van der Waals surface area contributed by atoms with Gasteiger partial charge in [0.15, 0.2) is 0 Å². The van der Waals surface area contributed by atoms with Crippen molar-refractivity contribution in [2.45, 2.75) is 59.9 Å². The Balaban J connectivity index is 2.47. The number of thiol groups is 1. The summed E-state index contributed by atoms with van der Waals surface area (Å²) < 4.78 is 0. The normalized spacial score (nSPS) is 19.1. The standard InChI is InChI=1S/C15H31NS/c1-12(2)8-9-16(14-6-7-14)10-13(11-17)15(3,4)5/h12-14,17H,6-11H2,1-5H3. The molecule has 0 amide bonds. The summed E-state index contributed by atoms with van der Waals surface area (Å²) in [6.07, 6.45) is 4.17. The van der Waals surface area contributed by atoms with E-state index < -0.39 is 0 Å². The van der Waals surface area contributed by atoms with Crippen LogP contribution >= 0.6 is 12.6 Å². The molecular formula is C15H31NS. The molecule has 17 heavy (non-hydrogen) atoms. The van der Waals surface area contributed by atoms with Crippen LogP contribution in [0, 0.1) is 17.3 Å². The van der Waals surface area contributed by atoms with E-state index in [1.54, 1.807) is 0 Å². The Bertz CT molecular complexity index is 215. The topological polar surface area (TPSA) is 3.24 Å². The minimum atomic E-state index is 0.382. The van der Waals surface area contributed by atoms with Crippen molar-refractivity contribution in [3.8, 4) is 0 Å². The van der Waals surface area contributed by atoms with Gasteiger partial charge in [0.2, 0.25) is 0 Å². The smallest absolute Gasteiger partial charge is 0.00965 e. The van der Waals surface area contributed by atoms with Gasteiger partial charge in [-0.05, 0) is 48.8 Å². The van der Waals surface area contributed by atoms with Crippen molar-refractivity contribution >= 4 is 12.6 Å². The molecule has 1 rings (SSSR count). The lowest BCUT2D eigenvalue weighted by molar-refractivity contribution is 0.153. The highest BCUT2D eigenvalue weighted by molar-refractivity contribution is 7.80. The van der Waals surface area contributed by atoms with Crippen molar-refractivity contribution in [1.29, 1.82) is 0 Å². The van der Waals surface area contributed by atoms with E-state index >= 15 is 0 Å². The summed E-state index contributed by atoms with van der Waals surface area (Å²) >= 11 is 4.55. The van der Waals surface area contributed by atoms with E-state index in [9.17, 15) is 0 Å². The molecule has 1 fully saturated rings. The first-order valence-corrected chi connectivity index (χ1v) is 7.82. The molecule has 1 aliphatic rings. The van der Waals surface area contributed by atoms with Crippen molar-refractivity contribution in [3.05, 3.63) is 0 Å². The maximum absolute atomic E-state index is 4.55. The molecule has 0 heterocycles. The number of hydrogen-bond donors (Lipinski definition) is 1. The monoisotopic (exact) mass is 257 g/mol. The van der Waals surface area contributed by atoms with Crippen LogP contribution in [0.3, 0.4) is 0 Å². The molecule has 0 N–H and O–H groups in total. The SMILES string of the molecule is CC(C)CCN(CC(CS)C(C)(C)C)C1CC1. The maximum atomic E-state index is 4.55. The first-order valence-electron chi connectivity index (χ1n) is 7.19. The largest absolute Gasteiger partial charge is 0.300 e. The molecule has 1 atom stereocenters. The highest BCUT2D eigenvalue weighted by atomic mass is 32.1. The van der Waals surface area contributed by atoms with Crippen LogP contribution in [0.25, 0.3) is 0 Å². The van der Waals surface area contributed by atoms with E-state index in [-0.39, 0.29) is 0 Å². The molecule has 0 bridgehead atoms. The summed E-state index contributed by atoms with van der Waals surface area (Å²) in [5.41, 5.74) is 0.382. The molecule has 0 aromatic heterocycles. The van der Waals surface area contributed by atoms with Gasteiger partial charge in [-0.2, -0.15) is 12.6 Å². The van der Waals surface area contributed by atoms with Gasteiger partial charge in [-0.15, -0.1) is 0 Å². The summed E-state index contributed by atoms with van der Waals surface area (Å²) in [4.78, 5) is 2.73. The fourth-order valence-corrected chi connectivity index (χ4v) is 2.84. The van der Waals surface area contributed by atoms with Crippen molar-refractivity contribution in [2.75, 3.05) is 18.8 Å². The summed E-state index contributed by atoms with van der Waals surface area (Å²) in [6.45, 7) is 14.2. The molecule has 1 unspecified atom stereocenters. The minimum absolute atomic E-state index is 0.382. The van der Waals surface area contributed by atoms with Gasteiger partial charge in [-0.1, -0.05) is 34.6 Å². The van der Waals surface area contributed by atoms with Crippen LogP contribution in [0.5, 0.6) is 0 Å². The maximum Gasteiger partial charge on any atom is 0.00965 e. The lowest BCUT2D eigenvalue weighted by Gasteiger charge is -2.35. The summed E-state index contributed by atoms with van der Waals surface area (Å²) in [5, 5.41) is 0. The van der Waals surface area contributed by atoms with E-state index in [0.29, 0.717) is 11.3 Å².